The second kappa shape index (κ2) is 7.02. The van der Waals surface area contributed by atoms with Crippen LogP contribution in [0.3, 0.4) is 0 Å². The zero-order valence-electron chi connectivity index (χ0n) is 12.1. The molecule has 0 amide bonds. The van der Waals surface area contributed by atoms with Crippen LogP contribution in [-0.4, -0.2) is 43.9 Å². The van der Waals surface area contributed by atoms with E-state index in [4.69, 9.17) is 15.2 Å². The van der Waals surface area contributed by atoms with Gasteiger partial charge in [0.15, 0.2) is 0 Å². The lowest BCUT2D eigenvalue weighted by molar-refractivity contribution is -0.0465. The fourth-order valence-corrected chi connectivity index (χ4v) is 2.36. The highest BCUT2D eigenvalue weighted by molar-refractivity contribution is 5.36. The zero-order chi connectivity index (χ0) is 14.5. The quantitative estimate of drug-likeness (QED) is 0.896. The molecule has 1 fully saturated rings. The molecule has 1 saturated heterocycles. The van der Waals surface area contributed by atoms with E-state index in [9.17, 15) is 4.39 Å². The van der Waals surface area contributed by atoms with E-state index < -0.39 is 0 Å². The summed E-state index contributed by atoms with van der Waals surface area (Å²) in [5.74, 6) is 0.196. The van der Waals surface area contributed by atoms with Gasteiger partial charge in [-0.3, -0.25) is 4.90 Å². The maximum absolute atomic E-state index is 13.3. The van der Waals surface area contributed by atoms with Crippen molar-refractivity contribution in [3.8, 4) is 5.75 Å². The molecule has 1 unspecified atom stereocenters. The average Bonchev–Trinajstić information content (AvgIpc) is 2.45. The van der Waals surface area contributed by atoms with Gasteiger partial charge in [-0.2, -0.15) is 0 Å². The number of hydrogen-bond acceptors (Lipinski definition) is 4. The minimum Gasteiger partial charge on any atom is -0.490 e. The molecule has 5 heteroatoms. The second-order valence-electron chi connectivity index (χ2n) is 5.17. The third-order valence-electron chi connectivity index (χ3n) is 3.56. The Balaban J connectivity index is 1.98. The first-order valence-corrected chi connectivity index (χ1v) is 7.12. The normalized spacial score (nSPS) is 21.7. The molecule has 1 aromatic rings. The van der Waals surface area contributed by atoms with Gasteiger partial charge in [0.1, 0.15) is 24.3 Å². The first-order chi connectivity index (χ1) is 9.60. The van der Waals surface area contributed by atoms with E-state index in [0.717, 1.165) is 25.2 Å². The minimum absolute atomic E-state index is 0.0212. The van der Waals surface area contributed by atoms with Gasteiger partial charge < -0.3 is 15.2 Å². The van der Waals surface area contributed by atoms with Crippen molar-refractivity contribution in [1.82, 2.24) is 4.90 Å². The lowest BCUT2D eigenvalue weighted by Crippen LogP contribution is -2.44. The number of rotatable bonds is 5. The number of hydrogen-bond donors (Lipinski definition) is 1. The van der Waals surface area contributed by atoms with Crippen LogP contribution in [-0.2, 0) is 4.74 Å². The van der Waals surface area contributed by atoms with Gasteiger partial charge in [0.05, 0.1) is 6.61 Å². The van der Waals surface area contributed by atoms with Crippen LogP contribution in [0.4, 0.5) is 4.39 Å². The van der Waals surface area contributed by atoms with Gasteiger partial charge >= 0.3 is 0 Å². The van der Waals surface area contributed by atoms with Crippen LogP contribution < -0.4 is 10.5 Å². The number of ether oxygens (including phenoxy) is 2. The topological polar surface area (TPSA) is 47.7 Å². The Kier molecular flexibility index (Phi) is 5.34. The highest BCUT2D eigenvalue weighted by Gasteiger charge is 2.20. The summed E-state index contributed by atoms with van der Waals surface area (Å²) in [4.78, 5) is 2.32. The highest BCUT2D eigenvalue weighted by Crippen LogP contribution is 2.25. The van der Waals surface area contributed by atoms with E-state index in [1.165, 1.54) is 12.1 Å². The van der Waals surface area contributed by atoms with Crippen LogP contribution in [0.25, 0.3) is 0 Å². The van der Waals surface area contributed by atoms with Crippen LogP contribution in [0.1, 0.15) is 25.5 Å². The number of likely N-dealkylation sites (N-methyl/N-ethyl adjacent to an activating group) is 1. The van der Waals surface area contributed by atoms with E-state index in [1.54, 1.807) is 6.07 Å². The smallest absolute Gasteiger partial charge is 0.127 e. The standard InChI is InChI=1S/C15H23FN2O2/c1-3-18-6-7-19-13(9-18)10-20-15-8-12(16)4-5-14(15)11(2)17/h4-5,8,11,13H,3,6-7,9-10,17H2,1-2H3/t11-,13?/m0/s1. The maximum atomic E-state index is 13.3. The molecule has 4 nitrogen and oxygen atoms in total. The number of nitrogens with two attached hydrogens (primary N) is 1. The van der Waals surface area contributed by atoms with Crippen molar-refractivity contribution in [2.24, 2.45) is 5.73 Å². The molecule has 1 heterocycles. The Labute approximate surface area is 119 Å². The number of benzene rings is 1. The van der Waals surface area contributed by atoms with Gasteiger partial charge in [0.2, 0.25) is 0 Å². The molecule has 0 saturated carbocycles. The van der Waals surface area contributed by atoms with Gasteiger partial charge in [-0.15, -0.1) is 0 Å². The minimum atomic E-state index is -0.316. The second-order valence-corrected chi connectivity index (χ2v) is 5.17. The summed E-state index contributed by atoms with van der Waals surface area (Å²) in [6, 6.07) is 4.28. The number of halogens is 1. The Morgan fingerprint density at radius 3 is 3.05 bits per heavy atom. The van der Waals surface area contributed by atoms with E-state index in [0.29, 0.717) is 19.0 Å². The van der Waals surface area contributed by atoms with Crippen LogP contribution in [0.15, 0.2) is 18.2 Å². The molecule has 0 radical (unpaired) electrons. The van der Waals surface area contributed by atoms with Gasteiger partial charge in [0, 0.05) is 30.8 Å². The van der Waals surface area contributed by atoms with Crippen molar-refractivity contribution in [3.05, 3.63) is 29.6 Å². The fourth-order valence-electron chi connectivity index (χ4n) is 2.36. The SMILES string of the molecule is CCN1CCOC(COc2cc(F)ccc2[C@H](C)N)C1. The molecule has 1 aliphatic heterocycles. The fraction of sp³-hybridized carbons (Fsp3) is 0.600. The molecule has 0 bridgehead atoms. The molecular formula is C15H23FN2O2. The molecular weight excluding hydrogens is 259 g/mol. The van der Waals surface area contributed by atoms with Crippen LogP contribution >= 0.6 is 0 Å². The van der Waals surface area contributed by atoms with Crippen molar-refractivity contribution < 1.29 is 13.9 Å². The summed E-state index contributed by atoms with van der Waals surface area (Å²) >= 11 is 0. The molecule has 20 heavy (non-hydrogen) atoms. The molecule has 1 aromatic carbocycles. The van der Waals surface area contributed by atoms with Crippen LogP contribution in [0, 0.1) is 5.82 Å². The predicted molar refractivity (Wildman–Crippen MR) is 76.4 cm³/mol. The Morgan fingerprint density at radius 2 is 2.35 bits per heavy atom. The van der Waals surface area contributed by atoms with E-state index in [-0.39, 0.29) is 18.0 Å². The summed E-state index contributed by atoms with van der Waals surface area (Å²) in [7, 11) is 0. The van der Waals surface area contributed by atoms with Crippen LogP contribution in [0.5, 0.6) is 5.75 Å². The molecule has 0 spiro atoms. The summed E-state index contributed by atoms with van der Waals surface area (Å²) in [6.45, 7) is 7.92. The molecule has 0 aliphatic carbocycles. The van der Waals surface area contributed by atoms with Crippen molar-refractivity contribution in [2.45, 2.75) is 26.0 Å². The van der Waals surface area contributed by atoms with Gasteiger partial charge in [-0.25, -0.2) is 4.39 Å². The van der Waals surface area contributed by atoms with Crippen molar-refractivity contribution in [3.63, 3.8) is 0 Å². The molecule has 2 rings (SSSR count). The van der Waals surface area contributed by atoms with Crippen molar-refractivity contribution in [1.29, 1.82) is 0 Å². The third kappa shape index (κ3) is 3.91. The molecule has 2 atom stereocenters. The largest absolute Gasteiger partial charge is 0.490 e. The summed E-state index contributed by atoms with van der Waals surface area (Å²) in [5.41, 5.74) is 6.69. The van der Waals surface area contributed by atoms with Gasteiger partial charge in [-0.1, -0.05) is 13.0 Å². The van der Waals surface area contributed by atoms with E-state index >= 15 is 0 Å². The molecule has 2 N–H and O–H groups in total. The Hall–Kier alpha value is -1.17. The predicted octanol–water partition coefficient (Wildman–Crippen LogP) is 1.94. The summed E-state index contributed by atoms with van der Waals surface area (Å²) in [6.07, 6.45) is 0.0212. The summed E-state index contributed by atoms with van der Waals surface area (Å²) < 4.78 is 24.7. The highest BCUT2D eigenvalue weighted by atomic mass is 19.1. The third-order valence-corrected chi connectivity index (χ3v) is 3.56. The molecule has 0 aromatic heterocycles. The first-order valence-electron chi connectivity index (χ1n) is 7.12. The van der Waals surface area contributed by atoms with Crippen molar-refractivity contribution in [2.75, 3.05) is 32.8 Å². The average molecular weight is 282 g/mol. The Bertz CT molecular complexity index is 440. The zero-order valence-corrected chi connectivity index (χ0v) is 12.1. The summed E-state index contributed by atoms with van der Waals surface area (Å²) in [5, 5.41) is 0. The monoisotopic (exact) mass is 282 g/mol. The number of morpholine rings is 1. The number of nitrogens with zero attached hydrogens (tertiary/aromatic N) is 1. The Morgan fingerprint density at radius 1 is 1.55 bits per heavy atom. The van der Waals surface area contributed by atoms with Gasteiger partial charge in [-0.05, 0) is 19.5 Å². The van der Waals surface area contributed by atoms with E-state index in [1.807, 2.05) is 6.92 Å². The lowest BCUT2D eigenvalue weighted by Gasteiger charge is -2.32. The first kappa shape index (κ1) is 15.2. The molecule has 112 valence electrons. The lowest BCUT2D eigenvalue weighted by atomic mass is 10.1. The maximum Gasteiger partial charge on any atom is 0.127 e. The van der Waals surface area contributed by atoms with E-state index in [2.05, 4.69) is 11.8 Å². The van der Waals surface area contributed by atoms with Crippen LogP contribution in [0.2, 0.25) is 0 Å². The van der Waals surface area contributed by atoms with Gasteiger partial charge in [0.25, 0.3) is 0 Å². The molecule has 1 aliphatic rings. The van der Waals surface area contributed by atoms with Crippen molar-refractivity contribution >= 4 is 0 Å².